The van der Waals surface area contributed by atoms with Crippen molar-refractivity contribution in [3.8, 4) is 0 Å². The Morgan fingerprint density at radius 1 is 1.29 bits per heavy atom. The molecule has 2 rings (SSSR count). The van der Waals surface area contributed by atoms with Gasteiger partial charge in [0.25, 0.3) is 0 Å². The van der Waals surface area contributed by atoms with Gasteiger partial charge in [-0.05, 0) is 12.1 Å². The molecule has 1 amide bonds. The van der Waals surface area contributed by atoms with E-state index in [1.165, 1.54) is 18.3 Å². The molecule has 0 spiro atoms. The van der Waals surface area contributed by atoms with Crippen LogP contribution >= 0.6 is 36.2 Å². The molecule has 0 aliphatic carbocycles. The highest BCUT2D eigenvalue weighted by Gasteiger charge is 2.17. The first-order valence-electron chi connectivity index (χ1n) is 7.23. The fraction of sp³-hybridized carbons (Fsp3) is 0.615. The van der Waals surface area contributed by atoms with Crippen molar-refractivity contribution in [3.05, 3.63) is 17.0 Å². The van der Waals surface area contributed by atoms with Crippen molar-refractivity contribution in [1.82, 2.24) is 20.3 Å². The Morgan fingerprint density at radius 3 is 2.58 bits per heavy atom. The van der Waals surface area contributed by atoms with E-state index in [0.29, 0.717) is 19.6 Å². The molecular weight excluding hydrogens is 395 g/mol. The maximum absolute atomic E-state index is 12.2. The number of hydrogen-bond acceptors (Lipinski definition) is 6. The molecule has 11 heteroatoms. The molecule has 0 saturated carbocycles. The molecule has 0 aromatic carbocycles. The van der Waals surface area contributed by atoms with Crippen LogP contribution in [0.15, 0.2) is 16.3 Å². The number of piperazine rings is 1. The summed E-state index contributed by atoms with van der Waals surface area (Å²) in [5.41, 5.74) is 0. The molecule has 1 saturated heterocycles. The van der Waals surface area contributed by atoms with Crippen molar-refractivity contribution in [2.75, 3.05) is 39.3 Å². The molecule has 0 unspecified atom stereocenters. The highest BCUT2D eigenvalue weighted by Crippen LogP contribution is 2.21. The van der Waals surface area contributed by atoms with E-state index in [1.54, 1.807) is 12.1 Å². The molecular formula is C13H24Cl2N4O3S2. The second-order valence-electron chi connectivity index (χ2n) is 5.12. The number of halogens is 2. The highest BCUT2D eigenvalue weighted by atomic mass is 35.5. The van der Waals surface area contributed by atoms with Gasteiger partial charge in [-0.25, -0.2) is 13.1 Å². The van der Waals surface area contributed by atoms with E-state index in [4.69, 9.17) is 0 Å². The number of carbonyl (C=O) groups excluding carboxylic acids is 1. The molecule has 7 nitrogen and oxygen atoms in total. The second-order valence-corrected chi connectivity index (χ2v) is 8.28. The van der Waals surface area contributed by atoms with Crippen LogP contribution in [0, 0.1) is 0 Å². The molecule has 3 N–H and O–H groups in total. The van der Waals surface area contributed by atoms with Gasteiger partial charge in [0.05, 0.1) is 6.54 Å². The number of nitrogens with zero attached hydrogens (tertiary/aromatic N) is 1. The normalized spacial score (nSPS) is 15.2. The molecule has 1 aromatic heterocycles. The predicted octanol–water partition coefficient (Wildman–Crippen LogP) is 0.411. The third kappa shape index (κ3) is 7.64. The number of nitrogens with one attached hydrogen (secondary N) is 3. The summed E-state index contributed by atoms with van der Waals surface area (Å²) in [5.74, 6) is -0.132. The van der Waals surface area contributed by atoms with E-state index < -0.39 is 10.0 Å². The Bertz CT molecular complexity index is 604. The van der Waals surface area contributed by atoms with E-state index in [9.17, 15) is 13.2 Å². The van der Waals surface area contributed by atoms with E-state index in [1.807, 2.05) is 0 Å². The van der Waals surface area contributed by atoms with Gasteiger partial charge in [-0.3, -0.25) is 9.69 Å². The van der Waals surface area contributed by atoms with Crippen molar-refractivity contribution >= 4 is 52.1 Å². The van der Waals surface area contributed by atoms with Gasteiger partial charge in [0.15, 0.2) is 0 Å². The van der Waals surface area contributed by atoms with Crippen molar-refractivity contribution in [1.29, 1.82) is 0 Å². The lowest BCUT2D eigenvalue weighted by atomic mass is 10.3. The number of carbonyl (C=O) groups is 1. The monoisotopic (exact) mass is 418 g/mol. The van der Waals surface area contributed by atoms with Crippen LogP contribution in [0.4, 0.5) is 0 Å². The number of sulfonamides is 1. The van der Waals surface area contributed by atoms with Gasteiger partial charge in [-0.2, -0.15) is 0 Å². The van der Waals surface area contributed by atoms with Crippen LogP contribution in [0.5, 0.6) is 0 Å². The third-order valence-corrected chi connectivity index (χ3v) is 6.38. The molecule has 1 aromatic rings. The summed E-state index contributed by atoms with van der Waals surface area (Å²) in [4.78, 5) is 13.9. The highest BCUT2D eigenvalue weighted by molar-refractivity contribution is 7.91. The minimum atomic E-state index is -3.47. The maximum Gasteiger partial charge on any atom is 0.250 e. The summed E-state index contributed by atoms with van der Waals surface area (Å²) in [5, 5.41) is 5.92. The number of rotatable bonds is 7. The van der Waals surface area contributed by atoms with Gasteiger partial charge in [-0.1, -0.05) is 0 Å². The molecule has 0 radical (unpaired) electrons. The van der Waals surface area contributed by atoms with Crippen LogP contribution in [0.1, 0.15) is 11.8 Å². The lowest BCUT2D eigenvalue weighted by Gasteiger charge is -2.26. The minimum absolute atomic E-state index is 0. The summed E-state index contributed by atoms with van der Waals surface area (Å²) in [7, 11) is -3.47. The standard InChI is InChI=1S/C13H22N4O3S2.2ClH/c1-11(18)15-10-12-2-3-13(21-12)22(19,20)16-6-9-17-7-4-14-5-8-17;;/h2-3,14,16H,4-10H2,1H3,(H,15,18);2*1H. The van der Waals surface area contributed by atoms with E-state index >= 15 is 0 Å². The Labute approximate surface area is 159 Å². The zero-order chi connectivity index (χ0) is 16.0. The first-order chi connectivity index (χ1) is 10.5. The first kappa shape index (κ1) is 23.6. The van der Waals surface area contributed by atoms with Gasteiger partial charge in [-0.15, -0.1) is 36.2 Å². The fourth-order valence-corrected chi connectivity index (χ4v) is 4.51. The molecule has 2 heterocycles. The Balaban J connectivity index is 0.00000264. The molecule has 1 aliphatic rings. The smallest absolute Gasteiger partial charge is 0.250 e. The van der Waals surface area contributed by atoms with Crippen molar-refractivity contribution in [3.63, 3.8) is 0 Å². The first-order valence-corrected chi connectivity index (χ1v) is 9.53. The van der Waals surface area contributed by atoms with Crippen LogP contribution < -0.4 is 15.4 Å². The van der Waals surface area contributed by atoms with Crippen molar-refractivity contribution in [2.45, 2.75) is 17.7 Å². The van der Waals surface area contributed by atoms with E-state index in [-0.39, 0.29) is 34.9 Å². The Kier molecular flexibility index (Phi) is 11.0. The zero-order valence-corrected chi connectivity index (χ0v) is 16.7. The number of amides is 1. The molecule has 140 valence electrons. The topological polar surface area (TPSA) is 90.5 Å². The lowest BCUT2D eigenvalue weighted by Crippen LogP contribution is -2.46. The van der Waals surface area contributed by atoms with E-state index in [2.05, 4.69) is 20.3 Å². The number of hydrogen-bond donors (Lipinski definition) is 3. The number of thiophene rings is 1. The van der Waals surface area contributed by atoms with Crippen LogP contribution in [0.3, 0.4) is 0 Å². The van der Waals surface area contributed by atoms with Crippen molar-refractivity contribution < 1.29 is 13.2 Å². The molecule has 1 aliphatic heterocycles. The zero-order valence-electron chi connectivity index (χ0n) is 13.4. The summed E-state index contributed by atoms with van der Waals surface area (Å²) < 4.78 is 27.3. The fourth-order valence-electron chi connectivity index (χ4n) is 2.15. The maximum atomic E-state index is 12.2. The lowest BCUT2D eigenvalue weighted by molar-refractivity contribution is -0.119. The third-order valence-electron chi connectivity index (χ3n) is 3.34. The van der Waals surface area contributed by atoms with Crippen molar-refractivity contribution in [2.24, 2.45) is 0 Å². The quantitative estimate of drug-likeness (QED) is 0.596. The molecule has 0 atom stereocenters. The average Bonchev–Trinajstić information content (AvgIpc) is 2.96. The summed E-state index contributed by atoms with van der Waals surface area (Å²) in [6.07, 6.45) is 0. The summed E-state index contributed by atoms with van der Waals surface area (Å²) in [6, 6.07) is 3.31. The van der Waals surface area contributed by atoms with Gasteiger partial charge in [0.2, 0.25) is 15.9 Å². The van der Waals surface area contributed by atoms with Crippen LogP contribution in [-0.2, 0) is 21.4 Å². The van der Waals surface area contributed by atoms with Crippen LogP contribution in [-0.4, -0.2) is 58.5 Å². The molecule has 1 fully saturated rings. The van der Waals surface area contributed by atoms with E-state index in [0.717, 1.165) is 31.1 Å². The van der Waals surface area contributed by atoms with Gasteiger partial charge >= 0.3 is 0 Å². The van der Waals surface area contributed by atoms with Gasteiger partial charge < -0.3 is 10.6 Å². The second kappa shape index (κ2) is 11.2. The molecule has 0 bridgehead atoms. The Hall–Kier alpha value is -0.420. The molecule has 24 heavy (non-hydrogen) atoms. The van der Waals surface area contributed by atoms with Crippen LogP contribution in [0.25, 0.3) is 0 Å². The predicted molar refractivity (Wildman–Crippen MR) is 101 cm³/mol. The average molecular weight is 419 g/mol. The van der Waals surface area contributed by atoms with Crippen LogP contribution in [0.2, 0.25) is 0 Å². The minimum Gasteiger partial charge on any atom is -0.351 e. The largest absolute Gasteiger partial charge is 0.351 e. The Morgan fingerprint density at radius 2 is 1.96 bits per heavy atom. The SMILES string of the molecule is CC(=O)NCc1ccc(S(=O)(=O)NCCN2CCNCC2)s1.Cl.Cl. The summed E-state index contributed by atoms with van der Waals surface area (Å²) in [6.45, 7) is 6.70. The summed E-state index contributed by atoms with van der Waals surface area (Å²) >= 11 is 1.18. The van der Waals surface area contributed by atoms with Gasteiger partial charge in [0, 0.05) is 51.1 Å². The van der Waals surface area contributed by atoms with Gasteiger partial charge in [0.1, 0.15) is 4.21 Å².